The first-order valence-electron chi connectivity index (χ1n) is 9.29. The van der Waals surface area contributed by atoms with Gasteiger partial charge >= 0.3 is 0 Å². The average molecular weight is 362 g/mol. The van der Waals surface area contributed by atoms with E-state index in [0.717, 1.165) is 24.3 Å². The van der Waals surface area contributed by atoms with Gasteiger partial charge in [0.1, 0.15) is 5.75 Å². The maximum atomic E-state index is 13.1. The third-order valence-corrected chi connectivity index (χ3v) is 5.06. The van der Waals surface area contributed by atoms with Crippen LogP contribution in [0.2, 0.25) is 0 Å². The van der Waals surface area contributed by atoms with Crippen LogP contribution in [0.4, 0.5) is 5.69 Å². The minimum atomic E-state index is -0.304. The number of nitrogens with zero attached hydrogens (tertiary/aromatic N) is 2. The van der Waals surface area contributed by atoms with Gasteiger partial charge in [-0.3, -0.25) is 9.59 Å². The standard InChI is InChI=1S/C20H30N2O4/c1-5-16(6-2)21(11-12-25-3)20(24)15-13-19(23)22(14-15)17-7-9-18(26-4)10-8-17/h7-10,15-16H,5-6,11-14H2,1-4H3. The second-order valence-electron chi connectivity index (χ2n) is 6.60. The quantitative estimate of drug-likeness (QED) is 0.678. The van der Waals surface area contributed by atoms with Gasteiger partial charge in [0.25, 0.3) is 0 Å². The summed E-state index contributed by atoms with van der Waals surface area (Å²) in [4.78, 5) is 29.2. The fraction of sp³-hybridized carbons (Fsp3) is 0.600. The van der Waals surface area contributed by atoms with E-state index in [1.807, 2.05) is 29.2 Å². The van der Waals surface area contributed by atoms with Crippen molar-refractivity contribution in [3.63, 3.8) is 0 Å². The maximum Gasteiger partial charge on any atom is 0.228 e. The summed E-state index contributed by atoms with van der Waals surface area (Å²) in [6.07, 6.45) is 2.05. The molecule has 6 nitrogen and oxygen atoms in total. The largest absolute Gasteiger partial charge is 0.497 e. The SMILES string of the molecule is CCC(CC)N(CCOC)C(=O)C1CC(=O)N(c2ccc(OC)cc2)C1. The molecule has 1 heterocycles. The lowest BCUT2D eigenvalue weighted by molar-refractivity contribution is -0.139. The van der Waals surface area contributed by atoms with Crippen LogP contribution in [0.15, 0.2) is 24.3 Å². The highest BCUT2D eigenvalue weighted by Gasteiger charge is 2.38. The number of carbonyl (C=O) groups is 2. The van der Waals surface area contributed by atoms with Gasteiger partial charge in [0, 0.05) is 38.3 Å². The smallest absolute Gasteiger partial charge is 0.228 e. The number of methoxy groups -OCH3 is 2. The zero-order valence-corrected chi connectivity index (χ0v) is 16.2. The van der Waals surface area contributed by atoms with E-state index in [1.54, 1.807) is 19.1 Å². The third-order valence-electron chi connectivity index (χ3n) is 5.06. The lowest BCUT2D eigenvalue weighted by Gasteiger charge is -2.32. The molecule has 1 aromatic rings. The van der Waals surface area contributed by atoms with Crippen LogP contribution in [0, 0.1) is 5.92 Å². The van der Waals surface area contributed by atoms with Crippen molar-refractivity contribution in [2.75, 3.05) is 38.8 Å². The van der Waals surface area contributed by atoms with Crippen LogP contribution in [-0.4, -0.2) is 56.7 Å². The van der Waals surface area contributed by atoms with Gasteiger partial charge in [-0.1, -0.05) is 13.8 Å². The van der Waals surface area contributed by atoms with Gasteiger partial charge in [-0.05, 0) is 37.1 Å². The monoisotopic (exact) mass is 362 g/mol. The number of carbonyl (C=O) groups excluding carboxylic acids is 2. The fourth-order valence-electron chi connectivity index (χ4n) is 3.51. The van der Waals surface area contributed by atoms with E-state index in [2.05, 4.69) is 13.8 Å². The Hall–Kier alpha value is -2.08. The predicted octanol–water partition coefficient (Wildman–Crippen LogP) is 2.71. The number of hydrogen-bond acceptors (Lipinski definition) is 4. The topological polar surface area (TPSA) is 59.1 Å². The Morgan fingerprint density at radius 3 is 2.42 bits per heavy atom. The van der Waals surface area contributed by atoms with Gasteiger partial charge in [0.15, 0.2) is 0 Å². The molecule has 1 atom stereocenters. The van der Waals surface area contributed by atoms with E-state index in [-0.39, 0.29) is 30.2 Å². The zero-order valence-electron chi connectivity index (χ0n) is 16.2. The molecule has 1 aromatic carbocycles. The van der Waals surface area contributed by atoms with Crippen molar-refractivity contribution < 1.29 is 19.1 Å². The first kappa shape index (κ1) is 20.2. The number of amides is 2. The summed E-state index contributed by atoms with van der Waals surface area (Å²) in [5.41, 5.74) is 0.803. The Morgan fingerprint density at radius 2 is 1.88 bits per heavy atom. The molecule has 0 radical (unpaired) electrons. The van der Waals surface area contributed by atoms with E-state index in [1.165, 1.54) is 0 Å². The summed E-state index contributed by atoms with van der Waals surface area (Å²) in [5.74, 6) is 0.486. The first-order chi connectivity index (χ1) is 12.5. The number of benzene rings is 1. The van der Waals surface area contributed by atoms with Crippen LogP contribution in [0.5, 0.6) is 5.75 Å². The fourth-order valence-corrected chi connectivity index (χ4v) is 3.51. The highest BCUT2D eigenvalue weighted by molar-refractivity contribution is 6.00. The van der Waals surface area contributed by atoms with Crippen molar-refractivity contribution in [3.05, 3.63) is 24.3 Å². The molecule has 1 aliphatic heterocycles. The molecular weight excluding hydrogens is 332 g/mol. The minimum absolute atomic E-state index is 0.00949. The first-order valence-corrected chi connectivity index (χ1v) is 9.29. The van der Waals surface area contributed by atoms with Gasteiger partial charge in [-0.15, -0.1) is 0 Å². The molecule has 6 heteroatoms. The Balaban J connectivity index is 2.12. The summed E-state index contributed by atoms with van der Waals surface area (Å²) >= 11 is 0. The number of hydrogen-bond donors (Lipinski definition) is 0. The molecule has 1 saturated heterocycles. The summed E-state index contributed by atoms with van der Waals surface area (Å²) in [6, 6.07) is 7.54. The minimum Gasteiger partial charge on any atom is -0.497 e. The van der Waals surface area contributed by atoms with E-state index < -0.39 is 0 Å². The molecule has 0 N–H and O–H groups in total. The Labute approximate surface area is 156 Å². The van der Waals surface area contributed by atoms with Gasteiger partial charge in [0.2, 0.25) is 11.8 Å². The van der Waals surface area contributed by atoms with Gasteiger partial charge < -0.3 is 19.3 Å². The molecule has 0 aromatic heterocycles. The molecule has 0 saturated carbocycles. The summed E-state index contributed by atoms with van der Waals surface area (Å²) in [7, 11) is 3.25. The van der Waals surface area contributed by atoms with E-state index in [0.29, 0.717) is 19.7 Å². The number of anilines is 1. The molecule has 0 spiro atoms. The van der Waals surface area contributed by atoms with E-state index in [4.69, 9.17) is 9.47 Å². The highest BCUT2D eigenvalue weighted by Crippen LogP contribution is 2.28. The summed E-state index contributed by atoms with van der Waals surface area (Å²) in [6.45, 7) is 5.67. The van der Waals surface area contributed by atoms with Gasteiger partial charge in [-0.2, -0.15) is 0 Å². The van der Waals surface area contributed by atoms with Crippen LogP contribution in [0.3, 0.4) is 0 Å². The van der Waals surface area contributed by atoms with Gasteiger partial charge in [-0.25, -0.2) is 0 Å². The molecule has 1 unspecified atom stereocenters. The lowest BCUT2D eigenvalue weighted by atomic mass is 10.0. The van der Waals surface area contributed by atoms with Crippen LogP contribution in [0.1, 0.15) is 33.1 Å². The van der Waals surface area contributed by atoms with Gasteiger partial charge in [0.05, 0.1) is 19.6 Å². The maximum absolute atomic E-state index is 13.1. The number of rotatable bonds is 9. The third kappa shape index (κ3) is 4.55. The lowest BCUT2D eigenvalue weighted by Crippen LogP contribution is -2.45. The van der Waals surface area contributed by atoms with Crippen LogP contribution in [0.25, 0.3) is 0 Å². The zero-order chi connectivity index (χ0) is 19.1. The molecule has 2 rings (SSSR count). The molecule has 2 amide bonds. The molecule has 26 heavy (non-hydrogen) atoms. The van der Waals surface area contributed by atoms with Crippen molar-refractivity contribution in [1.29, 1.82) is 0 Å². The molecule has 1 fully saturated rings. The van der Waals surface area contributed by atoms with Crippen LogP contribution in [-0.2, 0) is 14.3 Å². The molecule has 1 aliphatic rings. The summed E-state index contributed by atoms with van der Waals surface area (Å²) in [5, 5.41) is 0. The van der Waals surface area contributed by atoms with Crippen LogP contribution < -0.4 is 9.64 Å². The summed E-state index contributed by atoms with van der Waals surface area (Å²) < 4.78 is 10.3. The van der Waals surface area contributed by atoms with Crippen LogP contribution >= 0.6 is 0 Å². The number of ether oxygens (including phenoxy) is 2. The molecule has 144 valence electrons. The van der Waals surface area contributed by atoms with Crippen molar-refractivity contribution >= 4 is 17.5 Å². The van der Waals surface area contributed by atoms with E-state index >= 15 is 0 Å². The second kappa shape index (κ2) is 9.57. The van der Waals surface area contributed by atoms with Crippen molar-refractivity contribution in [2.24, 2.45) is 5.92 Å². The second-order valence-corrected chi connectivity index (χ2v) is 6.60. The molecular formula is C20H30N2O4. The normalized spacial score (nSPS) is 17.0. The predicted molar refractivity (Wildman–Crippen MR) is 101 cm³/mol. The Morgan fingerprint density at radius 1 is 1.23 bits per heavy atom. The Kier molecular flexibility index (Phi) is 7.45. The Bertz CT molecular complexity index is 598. The molecule has 0 bridgehead atoms. The van der Waals surface area contributed by atoms with Crippen molar-refractivity contribution in [2.45, 2.75) is 39.2 Å². The van der Waals surface area contributed by atoms with Crippen molar-refractivity contribution in [3.8, 4) is 5.75 Å². The average Bonchev–Trinajstić information content (AvgIpc) is 3.06. The van der Waals surface area contributed by atoms with Crippen molar-refractivity contribution in [1.82, 2.24) is 4.90 Å². The molecule has 0 aliphatic carbocycles. The highest BCUT2D eigenvalue weighted by atomic mass is 16.5. The van der Waals surface area contributed by atoms with E-state index in [9.17, 15) is 9.59 Å².